The van der Waals surface area contributed by atoms with Gasteiger partial charge in [-0.05, 0) is 68.4 Å². The third-order valence-corrected chi connectivity index (χ3v) is 5.93. The SMILES string of the molecule is CCOCC1CCCC(CCOC2CCCc3ccccc32)CC1. The molecule has 0 N–H and O–H groups in total. The van der Waals surface area contributed by atoms with Crippen LogP contribution in [0.3, 0.4) is 0 Å². The van der Waals surface area contributed by atoms with E-state index in [0.717, 1.165) is 31.7 Å². The van der Waals surface area contributed by atoms with Gasteiger partial charge in [0.1, 0.15) is 0 Å². The van der Waals surface area contributed by atoms with E-state index in [1.54, 1.807) is 0 Å². The molecule has 1 saturated carbocycles. The molecule has 0 heterocycles. The van der Waals surface area contributed by atoms with Gasteiger partial charge in [-0.3, -0.25) is 0 Å². The van der Waals surface area contributed by atoms with Crippen LogP contribution in [0, 0.1) is 11.8 Å². The van der Waals surface area contributed by atoms with Gasteiger partial charge in [0, 0.05) is 19.8 Å². The molecule has 24 heavy (non-hydrogen) atoms. The Hall–Kier alpha value is -0.860. The van der Waals surface area contributed by atoms with Crippen LogP contribution in [0.5, 0.6) is 0 Å². The highest BCUT2D eigenvalue weighted by molar-refractivity contribution is 5.31. The van der Waals surface area contributed by atoms with Gasteiger partial charge >= 0.3 is 0 Å². The van der Waals surface area contributed by atoms with E-state index in [9.17, 15) is 0 Å². The van der Waals surface area contributed by atoms with Crippen LogP contribution >= 0.6 is 0 Å². The maximum atomic E-state index is 6.32. The Morgan fingerprint density at radius 1 is 0.958 bits per heavy atom. The number of aryl methyl sites for hydroxylation is 1. The molecule has 0 spiro atoms. The van der Waals surface area contributed by atoms with Gasteiger partial charge in [-0.1, -0.05) is 43.5 Å². The summed E-state index contributed by atoms with van der Waals surface area (Å²) in [6, 6.07) is 8.85. The molecule has 0 aromatic heterocycles. The van der Waals surface area contributed by atoms with E-state index >= 15 is 0 Å². The third-order valence-electron chi connectivity index (χ3n) is 5.93. The molecule has 1 aromatic rings. The van der Waals surface area contributed by atoms with Crippen LogP contribution in [-0.2, 0) is 15.9 Å². The Kier molecular flexibility index (Phi) is 7.16. The van der Waals surface area contributed by atoms with Crippen molar-refractivity contribution in [3.05, 3.63) is 35.4 Å². The van der Waals surface area contributed by atoms with Gasteiger partial charge in [0.15, 0.2) is 0 Å². The lowest BCUT2D eigenvalue weighted by Crippen LogP contribution is -2.15. The van der Waals surface area contributed by atoms with E-state index in [0.29, 0.717) is 6.10 Å². The molecule has 2 aliphatic carbocycles. The number of fused-ring (bicyclic) bond motifs is 1. The molecule has 0 amide bonds. The summed E-state index contributed by atoms with van der Waals surface area (Å²) in [6.07, 6.45) is 12.1. The van der Waals surface area contributed by atoms with E-state index in [-0.39, 0.29) is 0 Å². The van der Waals surface area contributed by atoms with Crippen molar-refractivity contribution in [2.24, 2.45) is 11.8 Å². The maximum absolute atomic E-state index is 6.32. The number of ether oxygens (including phenoxy) is 2. The highest BCUT2D eigenvalue weighted by Crippen LogP contribution is 2.34. The van der Waals surface area contributed by atoms with Crippen LogP contribution in [0.15, 0.2) is 24.3 Å². The Balaban J connectivity index is 1.41. The van der Waals surface area contributed by atoms with Crippen LogP contribution in [0.4, 0.5) is 0 Å². The zero-order valence-electron chi connectivity index (χ0n) is 15.3. The van der Waals surface area contributed by atoms with Crippen LogP contribution in [0.25, 0.3) is 0 Å². The minimum absolute atomic E-state index is 0.339. The van der Waals surface area contributed by atoms with Gasteiger partial charge < -0.3 is 9.47 Å². The first-order chi connectivity index (χ1) is 11.9. The first-order valence-electron chi connectivity index (χ1n) is 10.1. The number of hydrogen-bond acceptors (Lipinski definition) is 2. The van der Waals surface area contributed by atoms with Crippen molar-refractivity contribution in [2.75, 3.05) is 19.8 Å². The summed E-state index contributed by atoms with van der Waals surface area (Å²) in [5.74, 6) is 1.65. The van der Waals surface area contributed by atoms with Gasteiger partial charge in [0.05, 0.1) is 6.10 Å². The van der Waals surface area contributed by atoms with Crippen molar-refractivity contribution in [1.29, 1.82) is 0 Å². The highest BCUT2D eigenvalue weighted by Gasteiger charge is 2.22. The molecule has 0 aliphatic heterocycles. The molecule has 2 aliphatic rings. The first-order valence-corrected chi connectivity index (χ1v) is 10.1. The fraction of sp³-hybridized carbons (Fsp3) is 0.727. The van der Waals surface area contributed by atoms with Crippen molar-refractivity contribution in [1.82, 2.24) is 0 Å². The van der Waals surface area contributed by atoms with E-state index in [2.05, 4.69) is 31.2 Å². The summed E-state index contributed by atoms with van der Waals surface area (Å²) in [5.41, 5.74) is 2.95. The van der Waals surface area contributed by atoms with Crippen LogP contribution < -0.4 is 0 Å². The summed E-state index contributed by atoms with van der Waals surface area (Å²) in [6.45, 7) is 4.86. The van der Waals surface area contributed by atoms with Crippen molar-refractivity contribution >= 4 is 0 Å². The first kappa shape index (κ1) is 17.9. The zero-order chi connectivity index (χ0) is 16.6. The van der Waals surface area contributed by atoms with E-state index < -0.39 is 0 Å². The molecule has 2 heteroatoms. The normalized spacial score (nSPS) is 27.5. The summed E-state index contributed by atoms with van der Waals surface area (Å²) in [7, 11) is 0. The second-order valence-corrected chi connectivity index (χ2v) is 7.64. The molecule has 134 valence electrons. The lowest BCUT2D eigenvalue weighted by atomic mass is 9.89. The highest BCUT2D eigenvalue weighted by atomic mass is 16.5. The van der Waals surface area contributed by atoms with Crippen molar-refractivity contribution in [2.45, 2.75) is 70.8 Å². The van der Waals surface area contributed by atoms with Crippen LogP contribution in [0.2, 0.25) is 0 Å². The smallest absolute Gasteiger partial charge is 0.0827 e. The summed E-state index contributed by atoms with van der Waals surface area (Å²) in [5, 5.41) is 0. The monoisotopic (exact) mass is 330 g/mol. The average molecular weight is 331 g/mol. The van der Waals surface area contributed by atoms with Crippen molar-refractivity contribution in [3.8, 4) is 0 Å². The van der Waals surface area contributed by atoms with Crippen molar-refractivity contribution < 1.29 is 9.47 Å². The second-order valence-electron chi connectivity index (χ2n) is 7.64. The van der Waals surface area contributed by atoms with E-state index in [1.807, 2.05) is 0 Å². The Bertz CT molecular complexity index is 485. The number of rotatable bonds is 7. The Morgan fingerprint density at radius 2 is 1.79 bits per heavy atom. The van der Waals surface area contributed by atoms with E-state index in [4.69, 9.17) is 9.47 Å². The number of hydrogen-bond donors (Lipinski definition) is 0. The van der Waals surface area contributed by atoms with E-state index in [1.165, 1.54) is 68.9 Å². The molecule has 0 saturated heterocycles. The standard InChI is InChI=1S/C22H34O2/c1-2-23-17-19-8-5-7-18(13-14-19)15-16-24-22-12-6-10-20-9-3-4-11-21(20)22/h3-4,9,11,18-19,22H,2,5-8,10,12-17H2,1H3. The van der Waals surface area contributed by atoms with Gasteiger partial charge in [-0.2, -0.15) is 0 Å². The second kappa shape index (κ2) is 9.58. The molecule has 2 nitrogen and oxygen atoms in total. The lowest BCUT2D eigenvalue weighted by molar-refractivity contribution is 0.0313. The van der Waals surface area contributed by atoms with Crippen molar-refractivity contribution in [3.63, 3.8) is 0 Å². The molecule has 1 fully saturated rings. The summed E-state index contributed by atoms with van der Waals surface area (Å²) >= 11 is 0. The van der Waals surface area contributed by atoms with Gasteiger partial charge in [0.25, 0.3) is 0 Å². The largest absolute Gasteiger partial charge is 0.381 e. The maximum Gasteiger partial charge on any atom is 0.0827 e. The lowest BCUT2D eigenvalue weighted by Gasteiger charge is -2.26. The van der Waals surface area contributed by atoms with Crippen LogP contribution in [-0.4, -0.2) is 19.8 Å². The van der Waals surface area contributed by atoms with Gasteiger partial charge in [-0.15, -0.1) is 0 Å². The minimum atomic E-state index is 0.339. The predicted molar refractivity (Wildman–Crippen MR) is 99.2 cm³/mol. The molecular formula is C22H34O2. The summed E-state index contributed by atoms with van der Waals surface area (Å²) in [4.78, 5) is 0. The molecule has 3 rings (SSSR count). The zero-order valence-corrected chi connectivity index (χ0v) is 15.3. The summed E-state index contributed by atoms with van der Waals surface area (Å²) < 4.78 is 12.0. The predicted octanol–water partition coefficient (Wildman–Crippen LogP) is 5.70. The number of benzene rings is 1. The molecule has 1 aromatic carbocycles. The van der Waals surface area contributed by atoms with Crippen LogP contribution in [0.1, 0.15) is 75.5 Å². The minimum Gasteiger partial charge on any atom is -0.381 e. The Morgan fingerprint density at radius 3 is 2.71 bits per heavy atom. The average Bonchev–Trinajstić information content (AvgIpc) is 2.85. The molecule has 0 bridgehead atoms. The molecule has 0 radical (unpaired) electrons. The molecular weight excluding hydrogens is 296 g/mol. The topological polar surface area (TPSA) is 18.5 Å². The third kappa shape index (κ3) is 5.07. The quantitative estimate of drug-likeness (QED) is 0.597. The van der Waals surface area contributed by atoms with Gasteiger partial charge in [-0.25, -0.2) is 0 Å². The molecule has 3 unspecified atom stereocenters. The van der Waals surface area contributed by atoms with Gasteiger partial charge in [0.2, 0.25) is 0 Å². The Labute approximate surface area is 147 Å². The fourth-order valence-corrected chi connectivity index (χ4v) is 4.45. The molecule has 3 atom stereocenters. The fourth-order valence-electron chi connectivity index (χ4n) is 4.45.